The monoisotopic (exact) mass is 277 g/mol. The third-order valence-corrected chi connectivity index (χ3v) is 4.41. The molecule has 102 valence electrons. The minimum absolute atomic E-state index is 0.105. The Morgan fingerprint density at radius 2 is 2.16 bits per heavy atom. The molecular formula is C15H19NO2S. The fraction of sp³-hybridized carbons (Fsp3) is 0.533. The van der Waals surface area contributed by atoms with Crippen LogP contribution in [0.4, 0.5) is 0 Å². The van der Waals surface area contributed by atoms with Crippen LogP contribution in [0.25, 0.3) is 0 Å². The summed E-state index contributed by atoms with van der Waals surface area (Å²) in [5.41, 5.74) is 0.716. The van der Waals surface area contributed by atoms with Crippen molar-refractivity contribution in [1.29, 1.82) is 0 Å². The number of aliphatic hydroxyl groups excluding tert-OH is 1. The predicted molar refractivity (Wildman–Crippen MR) is 77.2 cm³/mol. The number of carbonyl (C=O) groups excluding carboxylic acids is 1. The standard InChI is InChI=1S/C15H19NO2S/c1-11-5-3-6-12(2)16(11)15(18)13-9-14(19-10-13)7-4-8-17/h9-12,17H,3,5-6,8H2,1-2H3/t11-,12+. The Morgan fingerprint density at radius 3 is 2.79 bits per heavy atom. The number of likely N-dealkylation sites (tertiary alicyclic amines) is 1. The van der Waals surface area contributed by atoms with Crippen molar-refractivity contribution in [3.05, 3.63) is 21.9 Å². The van der Waals surface area contributed by atoms with Crippen molar-refractivity contribution < 1.29 is 9.90 Å². The lowest BCUT2D eigenvalue weighted by molar-refractivity contribution is 0.0511. The number of hydrogen-bond donors (Lipinski definition) is 1. The van der Waals surface area contributed by atoms with E-state index in [9.17, 15) is 4.79 Å². The first-order valence-electron chi connectivity index (χ1n) is 6.64. The van der Waals surface area contributed by atoms with Crippen molar-refractivity contribution in [2.45, 2.75) is 45.2 Å². The van der Waals surface area contributed by atoms with Crippen LogP contribution in [0, 0.1) is 11.8 Å². The van der Waals surface area contributed by atoms with Gasteiger partial charge in [0, 0.05) is 17.5 Å². The molecular weight excluding hydrogens is 258 g/mol. The highest BCUT2D eigenvalue weighted by atomic mass is 32.1. The van der Waals surface area contributed by atoms with E-state index in [2.05, 4.69) is 25.7 Å². The third kappa shape index (κ3) is 3.17. The van der Waals surface area contributed by atoms with Crippen molar-refractivity contribution in [3.8, 4) is 11.8 Å². The second kappa shape index (κ2) is 6.23. The zero-order chi connectivity index (χ0) is 13.8. The second-order valence-corrected chi connectivity index (χ2v) is 5.91. The van der Waals surface area contributed by atoms with E-state index in [0.717, 1.165) is 17.7 Å². The topological polar surface area (TPSA) is 40.5 Å². The Labute approximate surface area is 118 Å². The van der Waals surface area contributed by atoms with Crippen LogP contribution in [-0.2, 0) is 0 Å². The molecule has 1 N–H and O–H groups in total. The maximum atomic E-state index is 12.5. The van der Waals surface area contributed by atoms with Gasteiger partial charge in [0.15, 0.2) is 0 Å². The number of rotatable bonds is 1. The largest absolute Gasteiger partial charge is 0.384 e. The maximum Gasteiger partial charge on any atom is 0.255 e. The Hall–Kier alpha value is -1.31. The molecule has 2 heterocycles. The molecule has 1 saturated heterocycles. The van der Waals surface area contributed by atoms with Crippen molar-refractivity contribution in [1.82, 2.24) is 4.90 Å². The molecule has 0 spiro atoms. The van der Waals surface area contributed by atoms with E-state index < -0.39 is 0 Å². The molecule has 0 radical (unpaired) electrons. The lowest BCUT2D eigenvalue weighted by Gasteiger charge is -2.38. The fourth-order valence-corrected chi connectivity index (χ4v) is 3.36. The SMILES string of the molecule is C[C@@H]1CCC[C@H](C)N1C(=O)c1csc(C#CCO)c1. The minimum atomic E-state index is -0.151. The Bertz CT molecular complexity index is 502. The van der Waals surface area contributed by atoms with Crippen LogP contribution in [0.2, 0.25) is 0 Å². The molecule has 1 aliphatic rings. The highest BCUT2D eigenvalue weighted by molar-refractivity contribution is 7.10. The average molecular weight is 277 g/mol. The van der Waals surface area contributed by atoms with Gasteiger partial charge in [-0.25, -0.2) is 0 Å². The van der Waals surface area contributed by atoms with Gasteiger partial charge in [-0.2, -0.15) is 0 Å². The van der Waals surface area contributed by atoms with Gasteiger partial charge in [-0.1, -0.05) is 11.8 Å². The van der Waals surface area contributed by atoms with Crippen molar-refractivity contribution in [2.24, 2.45) is 0 Å². The summed E-state index contributed by atoms with van der Waals surface area (Å²) in [6, 6.07) is 2.44. The van der Waals surface area contributed by atoms with Gasteiger partial charge in [0.1, 0.15) is 6.61 Å². The molecule has 0 unspecified atom stereocenters. The Balaban J connectivity index is 2.16. The van der Waals surface area contributed by atoms with Crippen LogP contribution >= 0.6 is 11.3 Å². The first kappa shape index (κ1) is 14.1. The first-order chi connectivity index (χ1) is 9.13. The van der Waals surface area contributed by atoms with E-state index in [0.29, 0.717) is 17.6 Å². The Morgan fingerprint density at radius 1 is 1.47 bits per heavy atom. The molecule has 2 rings (SSSR count). The molecule has 1 fully saturated rings. The molecule has 0 bridgehead atoms. The van der Waals surface area contributed by atoms with E-state index in [1.807, 2.05) is 16.3 Å². The predicted octanol–water partition coefficient (Wildman–Crippen LogP) is 2.50. The lowest BCUT2D eigenvalue weighted by atomic mass is 9.97. The number of amides is 1. The summed E-state index contributed by atoms with van der Waals surface area (Å²) >= 11 is 1.45. The van der Waals surface area contributed by atoms with E-state index in [1.54, 1.807) is 0 Å². The highest BCUT2D eigenvalue weighted by Crippen LogP contribution is 2.26. The number of piperidine rings is 1. The number of carbonyl (C=O) groups is 1. The van der Waals surface area contributed by atoms with Crippen molar-refractivity contribution in [3.63, 3.8) is 0 Å². The van der Waals surface area contributed by atoms with Crippen molar-refractivity contribution in [2.75, 3.05) is 6.61 Å². The molecule has 0 aliphatic carbocycles. The van der Waals surface area contributed by atoms with Crippen LogP contribution in [-0.4, -0.2) is 34.6 Å². The number of aliphatic hydroxyl groups is 1. The van der Waals surface area contributed by atoms with Gasteiger partial charge in [0.05, 0.1) is 10.4 Å². The van der Waals surface area contributed by atoms with E-state index >= 15 is 0 Å². The molecule has 0 aromatic carbocycles. The molecule has 1 aliphatic heterocycles. The van der Waals surface area contributed by atoms with Gasteiger partial charge >= 0.3 is 0 Å². The molecule has 1 amide bonds. The van der Waals surface area contributed by atoms with Crippen LogP contribution in [0.1, 0.15) is 48.3 Å². The number of thiophene rings is 1. The number of hydrogen-bond acceptors (Lipinski definition) is 3. The zero-order valence-corrected chi connectivity index (χ0v) is 12.2. The summed E-state index contributed by atoms with van der Waals surface area (Å²) in [6.07, 6.45) is 3.36. The summed E-state index contributed by atoms with van der Waals surface area (Å²) in [5, 5.41) is 10.5. The van der Waals surface area contributed by atoms with Crippen LogP contribution < -0.4 is 0 Å². The number of nitrogens with zero attached hydrogens (tertiary/aromatic N) is 1. The van der Waals surface area contributed by atoms with Crippen molar-refractivity contribution >= 4 is 17.2 Å². The van der Waals surface area contributed by atoms with Gasteiger partial charge in [0.25, 0.3) is 5.91 Å². The van der Waals surface area contributed by atoms with Gasteiger partial charge < -0.3 is 10.0 Å². The van der Waals surface area contributed by atoms with Gasteiger partial charge in [0.2, 0.25) is 0 Å². The van der Waals surface area contributed by atoms with Crippen LogP contribution in [0.15, 0.2) is 11.4 Å². The summed E-state index contributed by atoms with van der Waals surface area (Å²) in [6.45, 7) is 4.08. The smallest absolute Gasteiger partial charge is 0.255 e. The molecule has 2 atom stereocenters. The summed E-state index contributed by atoms with van der Waals surface area (Å²) in [5.74, 6) is 5.55. The van der Waals surface area contributed by atoms with E-state index in [4.69, 9.17) is 5.11 Å². The Kier molecular flexibility index (Phi) is 4.62. The lowest BCUT2D eigenvalue weighted by Crippen LogP contribution is -2.47. The van der Waals surface area contributed by atoms with Crippen LogP contribution in [0.5, 0.6) is 0 Å². The average Bonchev–Trinajstić information content (AvgIpc) is 2.84. The quantitative estimate of drug-likeness (QED) is 0.801. The van der Waals surface area contributed by atoms with E-state index in [1.165, 1.54) is 17.8 Å². The van der Waals surface area contributed by atoms with E-state index in [-0.39, 0.29) is 12.5 Å². The normalized spacial score (nSPS) is 22.8. The highest BCUT2D eigenvalue weighted by Gasteiger charge is 2.29. The van der Waals surface area contributed by atoms with Crippen LogP contribution in [0.3, 0.4) is 0 Å². The first-order valence-corrected chi connectivity index (χ1v) is 7.52. The summed E-state index contributed by atoms with van der Waals surface area (Å²) in [4.78, 5) is 15.4. The van der Waals surface area contributed by atoms with Gasteiger partial charge in [-0.3, -0.25) is 4.79 Å². The molecule has 1 aromatic rings. The third-order valence-electron chi connectivity index (χ3n) is 3.57. The fourth-order valence-electron chi connectivity index (χ4n) is 2.61. The minimum Gasteiger partial charge on any atom is -0.384 e. The molecule has 19 heavy (non-hydrogen) atoms. The molecule has 1 aromatic heterocycles. The summed E-state index contributed by atoms with van der Waals surface area (Å²) < 4.78 is 0. The summed E-state index contributed by atoms with van der Waals surface area (Å²) in [7, 11) is 0. The second-order valence-electron chi connectivity index (χ2n) is 5.00. The zero-order valence-electron chi connectivity index (χ0n) is 11.3. The van der Waals surface area contributed by atoms with Gasteiger partial charge in [-0.15, -0.1) is 11.3 Å². The van der Waals surface area contributed by atoms with Gasteiger partial charge in [-0.05, 0) is 39.2 Å². The maximum absolute atomic E-state index is 12.5. The molecule has 3 nitrogen and oxygen atoms in total. The molecule has 4 heteroatoms. The molecule has 0 saturated carbocycles.